The van der Waals surface area contributed by atoms with Crippen LogP contribution in [0.5, 0.6) is 11.6 Å². The second kappa shape index (κ2) is 14.6. The van der Waals surface area contributed by atoms with Crippen LogP contribution in [0.3, 0.4) is 0 Å². The van der Waals surface area contributed by atoms with Crippen molar-refractivity contribution < 1.29 is 32.5 Å². The van der Waals surface area contributed by atoms with Crippen LogP contribution in [0.2, 0.25) is 0 Å². The van der Waals surface area contributed by atoms with Crippen LogP contribution >= 0.6 is 12.4 Å². The first-order valence-electron chi connectivity index (χ1n) is 13.8. The van der Waals surface area contributed by atoms with Crippen LogP contribution in [0.15, 0.2) is 60.7 Å². The molecule has 43 heavy (non-hydrogen) atoms. The molecule has 2 aromatic carbocycles. The summed E-state index contributed by atoms with van der Waals surface area (Å²) in [6.07, 6.45) is -3.01. The number of rotatable bonds is 11. The number of aliphatic carboxylic acids is 1. The monoisotopic (exact) mass is 620 g/mol. The van der Waals surface area contributed by atoms with Gasteiger partial charge in [-0.1, -0.05) is 56.3 Å². The van der Waals surface area contributed by atoms with Gasteiger partial charge >= 0.3 is 12.1 Å². The summed E-state index contributed by atoms with van der Waals surface area (Å²) in [5, 5.41) is 9.05. The maximum Gasteiger partial charge on any atom is 0.429 e. The summed E-state index contributed by atoms with van der Waals surface area (Å²) in [6, 6.07) is 13.8. The molecule has 0 saturated carbocycles. The maximum absolute atomic E-state index is 14.2. The van der Waals surface area contributed by atoms with Gasteiger partial charge in [-0.2, -0.15) is 18.2 Å². The van der Waals surface area contributed by atoms with Crippen molar-refractivity contribution in [1.29, 1.82) is 0 Å². The third-order valence-corrected chi connectivity index (χ3v) is 6.97. The van der Waals surface area contributed by atoms with E-state index >= 15 is 0 Å². The van der Waals surface area contributed by atoms with Crippen molar-refractivity contribution in [2.75, 3.05) is 12.3 Å². The zero-order valence-corrected chi connectivity index (χ0v) is 24.7. The maximum atomic E-state index is 14.2. The number of aromatic nitrogens is 2. The van der Waals surface area contributed by atoms with Gasteiger partial charge in [-0.25, -0.2) is 4.98 Å². The first-order chi connectivity index (χ1) is 19.9. The summed E-state index contributed by atoms with van der Waals surface area (Å²) >= 11 is 0. The fourth-order valence-corrected chi connectivity index (χ4v) is 4.79. The van der Waals surface area contributed by atoms with Crippen molar-refractivity contribution in [2.45, 2.75) is 57.9 Å². The van der Waals surface area contributed by atoms with Crippen LogP contribution in [-0.2, 0) is 4.79 Å². The van der Waals surface area contributed by atoms with E-state index in [9.17, 15) is 18.0 Å². The largest absolute Gasteiger partial charge is 0.493 e. The first-order valence-corrected chi connectivity index (χ1v) is 13.8. The second-order valence-corrected chi connectivity index (χ2v) is 10.9. The average molecular weight is 621 g/mol. The van der Waals surface area contributed by atoms with Crippen LogP contribution in [0.4, 0.5) is 19.1 Å². The molecule has 3 atom stereocenters. The normalized spacial score (nSPS) is 16.5. The zero-order chi connectivity index (χ0) is 30.4. The summed E-state index contributed by atoms with van der Waals surface area (Å²) in [5.74, 6) is -0.432. The number of nitrogens with zero attached hydrogens (tertiary/aromatic N) is 2. The van der Waals surface area contributed by atoms with Crippen molar-refractivity contribution in [3.8, 4) is 22.8 Å². The first kappa shape index (κ1) is 33.7. The molecule has 0 spiro atoms. The van der Waals surface area contributed by atoms with Crippen LogP contribution < -0.4 is 20.9 Å². The molecule has 0 aliphatic heterocycles. The number of nitrogens with two attached hydrogens (primary N) is 2. The Hall–Kier alpha value is -3.83. The fourth-order valence-electron chi connectivity index (χ4n) is 4.79. The average Bonchev–Trinajstić information content (AvgIpc) is 2.94. The molecule has 1 aromatic heterocycles. The predicted molar refractivity (Wildman–Crippen MR) is 161 cm³/mol. The molecular formula is C31H36ClF3N4O4. The van der Waals surface area contributed by atoms with E-state index in [1.54, 1.807) is 12.1 Å². The molecule has 232 valence electrons. The topological polar surface area (TPSA) is 134 Å². The number of anilines is 1. The Morgan fingerprint density at radius 3 is 2.42 bits per heavy atom. The smallest absolute Gasteiger partial charge is 0.429 e. The van der Waals surface area contributed by atoms with E-state index in [4.69, 9.17) is 26.0 Å². The Kier molecular flexibility index (Phi) is 11.4. The molecule has 4 rings (SSSR count). The molecule has 0 bridgehead atoms. The van der Waals surface area contributed by atoms with Crippen molar-refractivity contribution in [2.24, 2.45) is 17.6 Å². The Balaban J connectivity index is 0.00000506. The number of ether oxygens (including phenoxy) is 2. The van der Waals surface area contributed by atoms with Crippen LogP contribution in [0.1, 0.15) is 56.9 Å². The standard InChI is InChI=1S/C31H35F3N4O4.ClH/c1-18(2)17-41-24-5-3-4-23(15-24)20-10-12-22(13-11-20)28(31(32,33)34)42-27-16-26(37-30(36)38-27)21-8-6-19(7-9-21)14-25(35)29(39)40;/h3-5,8,10-13,15-16,18-19,25,28H,6-7,9,14,17,35H2,1-2H3,(H,39,40)(H2,36,37,38);1H/t19?,25-,28+;/m0./s1. The van der Waals surface area contributed by atoms with Gasteiger partial charge < -0.3 is 26.0 Å². The molecular weight excluding hydrogens is 585 g/mol. The fraction of sp³-hybridized carbons (Fsp3) is 0.387. The molecule has 0 amide bonds. The summed E-state index contributed by atoms with van der Waals surface area (Å²) in [5.41, 5.74) is 14.1. The second-order valence-electron chi connectivity index (χ2n) is 10.9. The highest BCUT2D eigenvalue weighted by atomic mass is 35.5. The third-order valence-electron chi connectivity index (χ3n) is 6.97. The Morgan fingerprint density at radius 2 is 1.81 bits per heavy atom. The number of nitrogen functional groups attached to an aromatic ring is 1. The molecule has 1 unspecified atom stereocenters. The van der Waals surface area contributed by atoms with Gasteiger partial charge in [-0.05, 0) is 66.4 Å². The highest BCUT2D eigenvalue weighted by Gasteiger charge is 2.43. The summed E-state index contributed by atoms with van der Waals surface area (Å²) < 4.78 is 53.8. The zero-order valence-electron chi connectivity index (χ0n) is 23.9. The van der Waals surface area contributed by atoms with E-state index < -0.39 is 24.3 Å². The molecule has 1 aliphatic carbocycles. The highest BCUT2D eigenvalue weighted by Crippen LogP contribution is 2.39. The van der Waals surface area contributed by atoms with E-state index in [0.717, 1.165) is 16.7 Å². The minimum absolute atomic E-state index is 0. The summed E-state index contributed by atoms with van der Waals surface area (Å²) in [6.45, 7) is 4.65. The van der Waals surface area contributed by atoms with Gasteiger partial charge in [0.25, 0.3) is 0 Å². The minimum atomic E-state index is -4.73. The molecule has 5 N–H and O–H groups in total. The van der Waals surface area contributed by atoms with Crippen LogP contribution in [0, 0.1) is 11.8 Å². The number of benzene rings is 2. The van der Waals surface area contributed by atoms with Gasteiger partial charge in [0.05, 0.1) is 12.3 Å². The summed E-state index contributed by atoms with van der Waals surface area (Å²) in [4.78, 5) is 19.2. The molecule has 0 radical (unpaired) electrons. The SMILES string of the molecule is CC(C)COc1cccc(-c2ccc([C@@H](Oc3cc(C4=CCC(C[C@H](N)C(=O)O)CC4)nc(N)n3)C(F)(F)F)cc2)c1.Cl. The molecule has 1 aliphatic rings. The number of allylic oxidation sites excluding steroid dienone is 2. The van der Waals surface area contributed by atoms with E-state index in [1.807, 2.05) is 44.2 Å². The van der Waals surface area contributed by atoms with Gasteiger partial charge in [-0.15, -0.1) is 12.4 Å². The van der Waals surface area contributed by atoms with Gasteiger partial charge in [0.2, 0.25) is 17.9 Å². The van der Waals surface area contributed by atoms with E-state index in [2.05, 4.69) is 9.97 Å². The molecule has 0 fully saturated rings. The quantitative estimate of drug-likeness (QED) is 0.212. The lowest BCUT2D eigenvalue weighted by Crippen LogP contribution is -2.32. The number of carbonyl (C=O) groups is 1. The lowest BCUT2D eigenvalue weighted by Gasteiger charge is -2.24. The molecule has 12 heteroatoms. The molecule has 3 aromatic rings. The predicted octanol–water partition coefficient (Wildman–Crippen LogP) is 6.85. The van der Waals surface area contributed by atoms with Crippen molar-refractivity contribution >= 4 is 29.9 Å². The van der Waals surface area contributed by atoms with Crippen molar-refractivity contribution in [3.63, 3.8) is 0 Å². The lowest BCUT2D eigenvalue weighted by molar-refractivity contribution is -0.198. The van der Waals surface area contributed by atoms with Crippen LogP contribution in [-0.4, -0.2) is 39.9 Å². The number of alkyl halides is 3. The highest BCUT2D eigenvalue weighted by molar-refractivity contribution is 5.85. The molecule has 0 saturated heterocycles. The Labute approximate surface area is 254 Å². The number of halogens is 4. The van der Waals surface area contributed by atoms with Gasteiger partial charge in [-0.3, -0.25) is 4.79 Å². The number of carboxylic acid groups (broad SMARTS) is 1. The van der Waals surface area contributed by atoms with Gasteiger partial charge in [0.1, 0.15) is 11.8 Å². The number of hydrogen-bond acceptors (Lipinski definition) is 7. The molecule has 1 heterocycles. The summed E-state index contributed by atoms with van der Waals surface area (Å²) in [7, 11) is 0. The van der Waals surface area contributed by atoms with E-state index in [1.165, 1.54) is 18.2 Å². The van der Waals surface area contributed by atoms with Gasteiger partial charge in [0, 0.05) is 11.6 Å². The molecule has 8 nitrogen and oxygen atoms in total. The Bertz CT molecular complexity index is 1420. The van der Waals surface area contributed by atoms with Crippen molar-refractivity contribution in [3.05, 3.63) is 71.9 Å². The number of hydrogen-bond donors (Lipinski definition) is 3. The minimum Gasteiger partial charge on any atom is -0.493 e. The van der Waals surface area contributed by atoms with E-state index in [-0.39, 0.29) is 35.7 Å². The van der Waals surface area contributed by atoms with Crippen LogP contribution in [0.25, 0.3) is 16.7 Å². The Morgan fingerprint density at radius 1 is 1.09 bits per heavy atom. The van der Waals surface area contributed by atoms with E-state index in [0.29, 0.717) is 49.7 Å². The number of carboxylic acids is 1. The van der Waals surface area contributed by atoms with Gasteiger partial charge in [0.15, 0.2) is 0 Å². The lowest BCUT2D eigenvalue weighted by atomic mass is 9.84. The third kappa shape index (κ3) is 9.33. The van der Waals surface area contributed by atoms with Crippen molar-refractivity contribution in [1.82, 2.24) is 9.97 Å².